The van der Waals surface area contributed by atoms with Gasteiger partial charge in [0, 0.05) is 23.7 Å². The Hall–Kier alpha value is -1.64. The first-order valence-corrected chi connectivity index (χ1v) is 8.34. The van der Waals surface area contributed by atoms with Crippen LogP contribution in [0.25, 0.3) is 10.1 Å². The quantitative estimate of drug-likeness (QED) is 0.623. The van der Waals surface area contributed by atoms with E-state index in [1.807, 2.05) is 11.3 Å². The van der Waals surface area contributed by atoms with E-state index >= 15 is 0 Å². The van der Waals surface area contributed by atoms with Crippen LogP contribution in [0.15, 0.2) is 47.8 Å². The minimum atomic E-state index is 0.492. The number of hydrogen-bond acceptors (Lipinski definition) is 2. The fourth-order valence-corrected chi connectivity index (χ4v) is 4.29. The van der Waals surface area contributed by atoms with Crippen molar-refractivity contribution in [1.29, 1.82) is 0 Å². The number of fused-ring (bicyclic) bond motifs is 2. The summed E-state index contributed by atoms with van der Waals surface area (Å²) in [6, 6.07) is 16.1. The van der Waals surface area contributed by atoms with E-state index in [9.17, 15) is 0 Å². The summed E-state index contributed by atoms with van der Waals surface area (Å²) >= 11 is 1.84. The van der Waals surface area contributed by atoms with Gasteiger partial charge in [-0.15, -0.1) is 11.3 Å². The molecule has 2 heteroatoms. The van der Waals surface area contributed by atoms with E-state index in [0.29, 0.717) is 5.92 Å². The van der Waals surface area contributed by atoms with Crippen molar-refractivity contribution in [3.8, 4) is 0 Å². The smallest absolute Gasteiger partial charge is 0.0345 e. The van der Waals surface area contributed by atoms with Crippen LogP contribution in [0.3, 0.4) is 0 Å². The van der Waals surface area contributed by atoms with Gasteiger partial charge in [0.1, 0.15) is 0 Å². The lowest BCUT2D eigenvalue weighted by Crippen LogP contribution is -2.31. The number of likely N-dealkylation sites (N-methyl/N-ethyl adjacent to an activating group) is 1. The Labute approximate surface area is 129 Å². The summed E-state index contributed by atoms with van der Waals surface area (Å²) in [5.41, 5.74) is 5.80. The summed E-state index contributed by atoms with van der Waals surface area (Å²) in [5.74, 6) is 0.492. The molecule has 0 amide bonds. The zero-order chi connectivity index (χ0) is 14.4. The molecule has 4 rings (SSSR count). The molecule has 0 aliphatic carbocycles. The molecule has 0 radical (unpaired) electrons. The van der Waals surface area contributed by atoms with Gasteiger partial charge in [-0.2, -0.15) is 0 Å². The van der Waals surface area contributed by atoms with Gasteiger partial charge in [-0.25, -0.2) is 0 Å². The van der Waals surface area contributed by atoms with E-state index in [4.69, 9.17) is 0 Å². The van der Waals surface area contributed by atoms with E-state index in [1.165, 1.54) is 32.3 Å². The van der Waals surface area contributed by atoms with Gasteiger partial charge in [-0.1, -0.05) is 35.9 Å². The van der Waals surface area contributed by atoms with Gasteiger partial charge >= 0.3 is 0 Å². The van der Waals surface area contributed by atoms with E-state index in [0.717, 1.165) is 13.1 Å². The average Bonchev–Trinajstić information content (AvgIpc) is 2.93. The third-order valence-corrected chi connectivity index (χ3v) is 5.37. The van der Waals surface area contributed by atoms with Crippen LogP contribution < -0.4 is 0 Å². The normalized spacial score (nSPS) is 18.9. The Bertz CT molecular complexity index is 802. The number of hydrogen-bond donors (Lipinski definition) is 0. The molecule has 3 aromatic rings. The number of benzene rings is 2. The maximum Gasteiger partial charge on any atom is 0.0345 e. The van der Waals surface area contributed by atoms with Crippen molar-refractivity contribution >= 4 is 21.4 Å². The first kappa shape index (κ1) is 13.1. The van der Waals surface area contributed by atoms with Crippen LogP contribution in [-0.2, 0) is 6.54 Å². The summed E-state index contributed by atoms with van der Waals surface area (Å²) in [5, 5.41) is 3.54. The molecule has 2 heterocycles. The zero-order valence-corrected chi connectivity index (χ0v) is 13.3. The fraction of sp³-hybridized carbons (Fsp3) is 0.263. The van der Waals surface area contributed by atoms with E-state index < -0.39 is 0 Å². The average molecular weight is 293 g/mol. The lowest BCUT2D eigenvalue weighted by atomic mass is 9.84. The first-order chi connectivity index (χ1) is 10.2. The second-order valence-corrected chi connectivity index (χ2v) is 7.12. The standard InChI is InChI=1S/C19H19NS/c1-13-3-6-17-16(9-13)11-20(2)12-18(17)15-5-4-14-7-8-21-19(14)10-15/h3-10,18H,11-12H2,1-2H3. The Morgan fingerprint density at radius 3 is 2.90 bits per heavy atom. The van der Waals surface area contributed by atoms with Crippen LogP contribution in [0.5, 0.6) is 0 Å². The second-order valence-electron chi connectivity index (χ2n) is 6.17. The molecule has 0 fully saturated rings. The monoisotopic (exact) mass is 293 g/mol. The molecule has 0 N–H and O–H groups in total. The van der Waals surface area contributed by atoms with E-state index in [2.05, 4.69) is 66.7 Å². The molecule has 106 valence electrons. The molecule has 0 saturated heterocycles. The molecule has 21 heavy (non-hydrogen) atoms. The van der Waals surface area contributed by atoms with Gasteiger partial charge < -0.3 is 4.90 Å². The molecule has 1 atom stereocenters. The predicted octanol–water partition coefficient (Wildman–Crippen LogP) is 4.79. The molecular formula is C19H19NS. The predicted molar refractivity (Wildman–Crippen MR) is 91.2 cm³/mol. The Kier molecular flexibility index (Phi) is 3.09. The van der Waals surface area contributed by atoms with Crippen LogP contribution in [0.4, 0.5) is 0 Å². The molecule has 1 aliphatic rings. The molecule has 1 aliphatic heterocycles. The largest absolute Gasteiger partial charge is 0.301 e. The molecule has 2 aromatic carbocycles. The van der Waals surface area contributed by atoms with Crippen molar-refractivity contribution in [2.45, 2.75) is 19.4 Å². The molecule has 0 spiro atoms. The summed E-state index contributed by atoms with van der Waals surface area (Å²) in [7, 11) is 2.22. The van der Waals surface area contributed by atoms with Gasteiger partial charge in [-0.3, -0.25) is 0 Å². The molecule has 1 aromatic heterocycles. The second kappa shape index (κ2) is 4.97. The minimum absolute atomic E-state index is 0.492. The highest BCUT2D eigenvalue weighted by Gasteiger charge is 2.24. The summed E-state index contributed by atoms with van der Waals surface area (Å²) in [6.45, 7) is 4.35. The van der Waals surface area contributed by atoms with Crippen molar-refractivity contribution in [1.82, 2.24) is 4.90 Å². The lowest BCUT2D eigenvalue weighted by molar-refractivity contribution is 0.295. The highest BCUT2D eigenvalue weighted by molar-refractivity contribution is 7.17. The van der Waals surface area contributed by atoms with Crippen molar-refractivity contribution in [3.63, 3.8) is 0 Å². The number of aryl methyl sites for hydroxylation is 1. The van der Waals surface area contributed by atoms with Crippen molar-refractivity contribution < 1.29 is 0 Å². The maximum absolute atomic E-state index is 2.44. The topological polar surface area (TPSA) is 3.24 Å². The van der Waals surface area contributed by atoms with Crippen LogP contribution in [0, 0.1) is 6.92 Å². The molecule has 1 nitrogen and oxygen atoms in total. The maximum atomic E-state index is 2.44. The third kappa shape index (κ3) is 2.29. The highest BCUT2D eigenvalue weighted by atomic mass is 32.1. The van der Waals surface area contributed by atoms with E-state index in [1.54, 1.807) is 0 Å². The van der Waals surface area contributed by atoms with Gasteiger partial charge in [0.2, 0.25) is 0 Å². The number of thiophene rings is 1. The fourth-order valence-electron chi connectivity index (χ4n) is 3.45. The summed E-state index contributed by atoms with van der Waals surface area (Å²) in [4.78, 5) is 2.44. The molecule has 0 saturated carbocycles. The zero-order valence-electron chi connectivity index (χ0n) is 12.5. The van der Waals surface area contributed by atoms with Crippen molar-refractivity contribution in [3.05, 3.63) is 70.1 Å². The number of rotatable bonds is 1. The van der Waals surface area contributed by atoms with Gasteiger partial charge in [-0.05, 0) is 53.6 Å². The van der Waals surface area contributed by atoms with Crippen LogP contribution >= 0.6 is 11.3 Å². The van der Waals surface area contributed by atoms with Crippen molar-refractivity contribution in [2.24, 2.45) is 0 Å². The van der Waals surface area contributed by atoms with Crippen LogP contribution in [0.1, 0.15) is 28.2 Å². The van der Waals surface area contributed by atoms with E-state index in [-0.39, 0.29) is 0 Å². The van der Waals surface area contributed by atoms with Crippen LogP contribution in [0.2, 0.25) is 0 Å². The Balaban J connectivity index is 1.84. The van der Waals surface area contributed by atoms with Gasteiger partial charge in [0.25, 0.3) is 0 Å². The number of nitrogens with zero attached hydrogens (tertiary/aromatic N) is 1. The SMILES string of the molecule is Cc1ccc2c(c1)CN(C)CC2c1ccc2ccsc2c1. The molecule has 0 bridgehead atoms. The molecule has 1 unspecified atom stereocenters. The first-order valence-electron chi connectivity index (χ1n) is 7.46. The summed E-state index contributed by atoms with van der Waals surface area (Å²) in [6.07, 6.45) is 0. The third-order valence-electron chi connectivity index (χ3n) is 4.49. The summed E-state index contributed by atoms with van der Waals surface area (Å²) < 4.78 is 1.40. The van der Waals surface area contributed by atoms with Gasteiger partial charge in [0.05, 0.1) is 0 Å². The molecular weight excluding hydrogens is 274 g/mol. The minimum Gasteiger partial charge on any atom is -0.301 e. The van der Waals surface area contributed by atoms with Crippen molar-refractivity contribution in [2.75, 3.05) is 13.6 Å². The Morgan fingerprint density at radius 2 is 2.00 bits per heavy atom. The lowest BCUT2D eigenvalue weighted by Gasteiger charge is -2.33. The van der Waals surface area contributed by atoms with Crippen LogP contribution in [-0.4, -0.2) is 18.5 Å². The van der Waals surface area contributed by atoms with Gasteiger partial charge in [0.15, 0.2) is 0 Å². The Morgan fingerprint density at radius 1 is 1.10 bits per heavy atom. The highest BCUT2D eigenvalue weighted by Crippen LogP contribution is 2.35.